The zero-order chi connectivity index (χ0) is 14.1. The molecule has 0 bridgehead atoms. The number of anilines is 1. The van der Waals surface area contributed by atoms with E-state index in [0.29, 0.717) is 10.6 Å². The highest BCUT2D eigenvalue weighted by Gasteiger charge is 2.13. The number of nitrogens with one attached hydrogen (secondary N) is 2. The van der Waals surface area contributed by atoms with E-state index in [9.17, 15) is 4.79 Å². The molecule has 0 fully saturated rings. The number of fused-ring (bicyclic) bond motifs is 1. The highest BCUT2D eigenvalue weighted by molar-refractivity contribution is 6.31. The van der Waals surface area contributed by atoms with Crippen LogP contribution in [0.1, 0.15) is 0 Å². The van der Waals surface area contributed by atoms with Crippen molar-refractivity contribution < 1.29 is 0 Å². The van der Waals surface area contributed by atoms with Crippen molar-refractivity contribution in [2.24, 2.45) is 0 Å². The van der Waals surface area contributed by atoms with Gasteiger partial charge in [0, 0.05) is 17.5 Å². The Balaban J connectivity index is 2.41. The molecule has 0 amide bonds. The van der Waals surface area contributed by atoms with Crippen LogP contribution < -0.4 is 10.9 Å². The first-order valence-electron chi connectivity index (χ1n) is 6.29. The molecule has 2 N–H and O–H groups in total. The molecule has 0 unspecified atom stereocenters. The van der Waals surface area contributed by atoms with Crippen LogP contribution in [0, 0.1) is 0 Å². The van der Waals surface area contributed by atoms with Crippen LogP contribution in [0.5, 0.6) is 0 Å². The smallest absolute Gasteiger partial charge is 0.258 e. The molecule has 20 heavy (non-hydrogen) atoms. The van der Waals surface area contributed by atoms with E-state index >= 15 is 0 Å². The van der Waals surface area contributed by atoms with E-state index < -0.39 is 0 Å². The first kappa shape index (κ1) is 12.8. The zero-order valence-electron chi connectivity index (χ0n) is 10.9. The van der Waals surface area contributed by atoms with Gasteiger partial charge >= 0.3 is 0 Å². The summed E-state index contributed by atoms with van der Waals surface area (Å²) >= 11 is 5.98. The van der Waals surface area contributed by atoms with Gasteiger partial charge in [-0.25, -0.2) is 0 Å². The molecule has 3 aromatic rings. The molecular formula is C16H13ClN2O. The van der Waals surface area contributed by atoms with E-state index in [2.05, 4.69) is 10.3 Å². The Morgan fingerprint density at radius 3 is 2.55 bits per heavy atom. The summed E-state index contributed by atoms with van der Waals surface area (Å²) < 4.78 is 0. The highest BCUT2D eigenvalue weighted by Crippen LogP contribution is 2.31. The van der Waals surface area contributed by atoms with Crippen molar-refractivity contribution in [3.05, 3.63) is 63.9 Å². The van der Waals surface area contributed by atoms with Crippen LogP contribution in [-0.2, 0) is 0 Å². The number of pyridine rings is 1. The fraction of sp³-hybridized carbons (Fsp3) is 0.0625. The minimum absolute atomic E-state index is 0.129. The maximum atomic E-state index is 12.4. The van der Waals surface area contributed by atoms with Crippen molar-refractivity contribution in [2.45, 2.75) is 0 Å². The van der Waals surface area contributed by atoms with Crippen molar-refractivity contribution in [2.75, 3.05) is 12.4 Å². The van der Waals surface area contributed by atoms with E-state index in [4.69, 9.17) is 11.6 Å². The second kappa shape index (κ2) is 5.02. The lowest BCUT2D eigenvalue weighted by molar-refractivity contribution is 1.30. The van der Waals surface area contributed by atoms with Gasteiger partial charge in [-0.3, -0.25) is 4.79 Å². The summed E-state index contributed by atoms with van der Waals surface area (Å²) in [5.41, 5.74) is 2.94. The average Bonchev–Trinajstić information content (AvgIpc) is 2.46. The molecule has 4 heteroatoms. The van der Waals surface area contributed by atoms with E-state index in [1.807, 2.05) is 49.5 Å². The monoisotopic (exact) mass is 284 g/mol. The molecule has 100 valence electrons. The third kappa shape index (κ3) is 2.06. The molecule has 0 atom stereocenters. The molecular weight excluding hydrogens is 272 g/mol. The number of aromatic nitrogens is 1. The SMILES string of the molecule is CNc1c(-c2ccccc2)c(=O)[nH]c2cc(Cl)ccc12. The lowest BCUT2D eigenvalue weighted by Crippen LogP contribution is -2.12. The Kier molecular flexibility index (Phi) is 3.20. The second-order valence-corrected chi connectivity index (χ2v) is 4.95. The van der Waals surface area contributed by atoms with Gasteiger partial charge in [0.15, 0.2) is 0 Å². The number of benzene rings is 2. The molecule has 0 saturated carbocycles. The molecule has 0 saturated heterocycles. The topological polar surface area (TPSA) is 44.9 Å². The number of rotatable bonds is 2. The summed E-state index contributed by atoms with van der Waals surface area (Å²) in [6.45, 7) is 0. The second-order valence-electron chi connectivity index (χ2n) is 4.51. The lowest BCUT2D eigenvalue weighted by Gasteiger charge is -2.12. The van der Waals surface area contributed by atoms with Crippen molar-refractivity contribution in [3.63, 3.8) is 0 Å². The quantitative estimate of drug-likeness (QED) is 0.750. The molecule has 2 aromatic carbocycles. The summed E-state index contributed by atoms with van der Waals surface area (Å²) in [6.07, 6.45) is 0. The fourth-order valence-electron chi connectivity index (χ4n) is 2.41. The first-order valence-corrected chi connectivity index (χ1v) is 6.67. The van der Waals surface area contributed by atoms with Crippen LogP contribution in [0.2, 0.25) is 5.02 Å². The van der Waals surface area contributed by atoms with Crippen molar-refractivity contribution in [1.82, 2.24) is 4.98 Å². The number of aromatic amines is 1. The Morgan fingerprint density at radius 1 is 1.10 bits per heavy atom. The van der Waals surface area contributed by atoms with E-state index in [1.165, 1.54) is 0 Å². The van der Waals surface area contributed by atoms with E-state index in [1.54, 1.807) is 6.07 Å². The van der Waals surface area contributed by atoms with Gasteiger partial charge in [0.25, 0.3) is 5.56 Å². The van der Waals surface area contributed by atoms with Crippen LogP contribution in [0.4, 0.5) is 5.69 Å². The molecule has 0 aliphatic carbocycles. The molecule has 1 aromatic heterocycles. The van der Waals surface area contributed by atoms with Gasteiger partial charge in [-0.2, -0.15) is 0 Å². The van der Waals surface area contributed by atoms with Gasteiger partial charge in [0.1, 0.15) is 0 Å². The van der Waals surface area contributed by atoms with Gasteiger partial charge in [-0.05, 0) is 23.8 Å². The van der Waals surface area contributed by atoms with Crippen molar-refractivity contribution in [3.8, 4) is 11.1 Å². The fourth-order valence-corrected chi connectivity index (χ4v) is 2.58. The number of H-pyrrole nitrogens is 1. The third-order valence-electron chi connectivity index (χ3n) is 3.29. The van der Waals surface area contributed by atoms with Crippen molar-refractivity contribution in [1.29, 1.82) is 0 Å². The van der Waals surface area contributed by atoms with Crippen LogP contribution in [0.25, 0.3) is 22.0 Å². The molecule has 3 rings (SSSR count). The largest absolute Gasteiger partial charge is 0.387 e. The lowest BCUT2D eigenvalue weighted by atomic mass is 10.0. The summed E-state index contributed by atoms with van der Waals surface area (Å²) in [7, 11) is 1.81. The van der Waals surface area contributed by atoms with Gasteiger partial charge in [-0.15, -0.1) is 0 Å². The molecule has 0 aliphatic rings. The van der Waals surface area contributed by atoms with Gasteiger partial charge in [0.2, 0.25) is 0 Å². The maximum Gasteiger partial charge on any atom is 0.258 e. The number of hydrogen-bond donors (Lipinski definition) is 2. The first-order chi connectivity index (χ1) is 9.70. The Labute approximate surface area is 121 Å². The summed E-state index contributed by atoms with van der Waals surface area (Å²) in [6, 6.07) is 15.1. The normalized spacial score (nSPS) is 10.7. The van der Waals surface area contributed by atoms with Crippen LogP contribution in [0.15, 0.2) is 53.3 Å². The predicted molar refractivity (Wildman–Crippen MR) is 84.6 cm³/mol. The van der Waals surface area contributed by atoms with Gasteiger partial charge in [0.05, 0.1) is 16.8 Å². The van der Waals surface area contributed by atoms with E-state index in [-0.39, 0.29) is 5.56 Å². The Bertz CT molecular complexity index is 825. The molecule has 0 aliphatic heterocycles. The number of halogens is 1. The van der Waals surface area contributed by atoms with Crippen LogP contribution in [0.3, 0.4) is 0 Å². The average molecular weight is 285 g/mol. The summed E-state index contributed by atoms with van der Waals surface area (Å²) in [5, 5.41) is 4.67. The summed E-state index contributed by atoms with van der Waals surface area (Å²) in [5.74, 6) is 0. The standard InChI is InChI=1S/C16H13ClN2O/c1-18-15-12-8-7-11(17)9-13(12)19-16(20)14(15)10-5-3-2-4-6-10/h2-9H,1H3,(H2,18,19,20). The van der Waals surface area contributed by atoms with Crippen LogP contribution >= 0.6 is 11.6 Å². The highest BCUT2D eigenvalue weighted by atomic mass is 35.5. The van der Waals surface area contributed by atoms with Crippen LogP contribution in [-0.4, -0.2) is 12.0 Å². The van der Waals surface area contributed by atoms with Crippen molar-refractivity contribution >= 4 is 28.2 Å². The molecule has 1 heterocycles. The van der Waals surface area contributed by atoms with Gasteiger partial charge < -0.3 is 10.3 Å². The molecule has 3 nitrogen and oxygen atoms in total. The summed E-state index contributed by atoms with van der Waals surface area (Å²) in [4.78, 5) is 15.3. The predicted octanol–water partition coefficient (Wildman–Crippen LogP) is 3.89. The minimum Gasteiger partial charge on any atom is -0.387 e. The maximum absolute atomic E-state index is 12.4. The Hall–Kier alpha value is -2.26. The Morgan fingerprint density at radius 2 is 1.85 bits per heavy atom. The molecule has 0 spiro atoms. The molecule has 0 radical (unpaired) electrons. The third-order valence-corrected chi connectivity index (χ3v) is 3.52. The number of hydrogen-bond acceptors (Lipinski definition) is 2. The van der Waals surface area contributed by atoms with Gasteiger partial charge in [-0.1, -0.05) is 41.9 Å². The van der Waals surface area contributed by atoms with E-state index in [0.717, 1.165) is 22.2 Å². The minimum atomic E-state index is -0.129. The zero-order valence-corrected chi connectivity index (χ0v) is 11.7.